The van der Waals surface area contributed by atoms with Crippen LogP contribution in [0.2, 0.25) is 0 Å². The summed E-state index contributed by atoms with van der Waals surface area (Å²) in [5.74, 6) is 0.175. The molecular weight excluding hydrogens is 262 g/mol. The first-order valence-electron chi connectivity index (χ1n) is 7.06. The Morgan fingerprint density at radius 3 is 2.19 bits per heavy atom. The van der Waals surface area contributed by atoms with Gasteiger partial charge in [0.25, 0.3) is 0 Å². The highest BCUT2D eigenvalue weighted by atomic mass is 16.1. The number of hydrogen-bond donors (Lipinski definition) is 0. The van der Waals surface area contributed by atoms with Gasteiger partial charge in [0.05, 0.1) is 5.41 Å². The molecule has 1 aliphatic rings. The van der Waals surface area contributed by atoms with Crippen LogP contribution in [-0.2, 0) is 10.2 Å². The molecule has 0 N–H and O–H groups in total. The maximum Gasteiger partial charge on any atom is 0.213 e. The van der Waals surface area contributed by atoms with Crippen molar-refractivity contribution in [3.8, 4) is 0 Å². The van der Waals surface area contributed by atoms with Crippen molar-refractivity contribution in [2.75, 3.05) is 11.9 Å². The predicted molar refractivity (Wildman–Crippen MR) is 82.6 cm³/mol. The van der Waals surface area contributed by atoms with E-state index >= 15 is 0 Å². The number of hydrogen-bond acceptors (Lipinski definition) is 2. The molecular formula is C18H17NO2. The highest BCUT2D eigenvalue weighted by molar-refractivity contribution is 6.06. The molecule has 2 aromatic rings. The van der Waals surface area contributed by atoms with Gasteiger partial charge in [0.1, 0.15) is 0 Å². The van der Waals surface area contributed by atoms with Gasteiger partial charge in [-0.1, -0.05) is 30.3 Å². The zero-order chi connectivity index (χ0) is 14.9. The molecule has 0 spiro atoms. The number of Topliss-reactive ketones (excluding diaryl/α,β-unsaturated/α-hetero) is 1. The second kappa shape index (κ2) is 5.17. The summed E-state index contributed by atoms with van der Waals surface area (Å²) in [6.45, 7) is 0. The Morgan fingerprint density at radius 1 is 1.05 bits per heavy atom. The summed E-state index contributed by atoms with van der Waals surface area (Å²) in [6.07, 6.45) is 2.57. The van der Waals surface area contributed by atoms with E-state index in [2.05, 4.69) is 0 Å². The lowest BCUT2D eigenvalue weighted by atomic mass is 9.87. The molecule has 106 valence electrons. The lowest BCUT2D eigenvalue weighted by molar-refractivity contribution is -0.107. The summed E-state index contributed by atoms with van der Waals surface area (Å²) in [7, 11) is 1.69. The fourth-order valence-corrected chi connectivity index (χ4v) is 2.71. The Hall–Kier alpha value is -2.42. The van der Waals surface area contributed by atoms with Gasteiger partial charge in [-0.05, 0) is 42.7 Å². The molecule has 1 fully saturated rings. The van der Waals surface area contributed by atoms with Crippen LogP contribution in [0.15, 0.2) is 54.6 Å². The molecule has 0 saturated heterocycles. The molecule has 3 nitrogen and oxygen atoms in total. The highest BCUT2D eigenvalue weighted by Gasteiger charge is 2.50. The van der Waals surface area contributed by atoms with Gasteiger partial charge in [-0.25, -0.2) is 0 Å². The van der Waals surface area contributed by atoms with Gasteiger partial charge in [-0.2, -0.15) is 0 Å². The summed E-state index contributed by atoms with van der Waals surface area (Å²) in [6, 6.07) is 17.2. The molecule has 2 aromatic carbocycles. The molecule has 0 aliphatic heterocycles. The number of anilines is 1. The SMILES string of the molecule is CN(C=O)c1ccc(C(=O)C2(c3ccccc3)CC2)cc1. The summed E-state index contributed by atoms with van der Waals surface area (Å²) in [5.41, 5.74) is 2.26. The molecule has 21 heavy (non-hydrogen) atoms. The summed E-state index contributed by atoms with van der Waals surface area (Å²) >= 11 is 0. The van der Waals surface area contributed by atoms with Gasteiger partial charge >= 0.3 is 0 Å². The molecule has 1 saturated carbocycles. The van der Waals surface area contributed by atoms with Gasteiger partial charge in [0.2, 0.25) is 6.41 Å². The number of nitrogens with zero attached hydrogens (tertiary/aromatic N) is 1. The average molecular weight is 279 g/mol. The van der Waals surface area contributed by atoms with Crippen molar-refractivity contribution in [3.05, 3.63) is 65.7 Å². The third kappa shape index (κ3) is 2.35. The van der Waals surface area contributed by atoms with Crippen molar-refractivity contribution >= 4 is 17.9 Å². The fraction of sp³-hybridized carbons (Fsp3) is 0.222. The quantitative estimate of drug-likeness (QED) is 0.622. The highest BCUT2D eigenvalue weighted by Crippen LogP contribution is 2.50. The molecule has 0 aromatic heterocycles. The second-order valence-electron chi connectivity index (χ2n) is 5.54. The number of ketones is 1. The summed E-state index contributed by atoms with van der Waals surface area (Å²) in [5, 5.41) is 0. The number of rotatable bonds is 5. The van der Waals surface area contributed by atoms with Crippen LogP contribution in [0.3, 0.4) is 0 Å². The van der Waals surface area contributed by atoms with E-state index in [4.69, 9.17) is 0 Å². The molecule has 1 amide bonds. The molecule has 0 bridgehead atoms. The normalized spacial score (nSPS) is 15.3. The topological polar surface area (TPSA) is 37.4 Å². The van der Waals surface area contributed by atoms with Crippen LogP contribution in [0, 0.1) is 0 Å². The van der Waals surface area contributed by atoms with Crippen molar-refractivity contribution in [2.24, 2.45) is 0 Å². The van der Waals surface area contributed by atoms with E-state index in [0.29, 0.717) is 5.56 Å². The van der Waals surface area contributed by atoms with Crippen molar-refractivity contribution in [1.29, 1.82) is 0 Å². The van der Waals surface area contributed by atoms with Crippen LogP contribution in [0.25, 0.3) is 0 Å². The van der Waals surface area contributed by atoms with Gasteiger partial charge in [-0.15, -0.1) is 0 Å². The van der Waals surface area contributed by atoms with Gasteiger partial charge in [0.15, 0.2) is 5.78 Å². The number of carbonyl (C=O) groups excluding carboxylic acids is 2. The van der Waals surface area contributed by atoms with Crippen LogP contribution in [0.4, 0.5) is 5.69 Å². The Bertz CT molecular complexity index is 657. The molecule has 3 heteroatoms. The maximum atomic E-state index is 12.8. The van der Waals surface area contributed by atoms with E-state index in [1.807, 2.05) is 42.5 Å². The zero-order valence-electron chi connectivity index (χ0n) is 12.0. The molecule has 3 rings (SSSR count). The van der Waals surface area contributed by atoms with Crippen LogP contribution in [0.1, 0.15) is 28.8 Å². The van der Waals surface area contributed by atoms with Gasteiger partial charge in [-0.3, -0.25) is 9.59 Å². The van der Waals surface area contributed by atoms with E-state index in [9.17, 15) is 9.59 Å². The zero-order valence-corrected chi connectivity index (χ0v) is 12.0. The Morgan fingerprint density at radius 2 is 1.67 bits per heavy atom. The average Bonchev–Trinajstić information content (AvgIpc) is 3.36. The van der Waals surface area contributed by atoms with Crippen molar-refractivity contribution in [3.63, 3.8) is 0 Å². The molecule has 0 atom stereocenters. The van der Waals surface area contributed by atoms with E-state index in [0.717, 1.165) is 30.5 Å². The largest absolute Gasteiger partial charge is 0.318 e. The van der Waals surface area contributed by atoms with Crippen molar-refractivity contribution < 1.29 is 9.59 Å². The molecule has 0 unspecified atom stereocenters. The first-order valence-corrected chi connectivity index (χ1v) is 7.06. The first kappa shape index (κ1) is 13.6. The Kier molecular flexibility index (Phi) is 3.34. The minimum absolute atomic E-state index is 0.175. The maximum absolute atomic E-state index is 12.8. The Balaban J connectivity index is 1.87. The lowest BCUT2D eigenvalue weighted by Crippen LogP contribution is -2.21. The van der Waals surface area contributed by atoms with E-state index in [1.165, 1.54) is 4.90 Å². The van der Waals surface area contributed by atoms with Crippen molar-refractivity contribution in [1.82, 2.24) is 0 Å². The van der Waals surface area contributed by atoms with E-state index in [-0.39, 0.29) is 11.2 Å². The van der Waals surface area contributed by atoms with Crippen molar-refractivity contribution in [2.45, 2.75) is 18.3 Å². The van der Waals surface area contributed by atoms with Crippen LogP contribution < -0.4 is 4.90 Å². The summed E-state index contributed by atoms with van der Waals surface area (Å²) in [4.78, 5) is 25.0. The summed E-state index contributed by atoms with van der Waals surface area (Å²) < 4.78 is 0. The third-order valence-electron chi connectivity index (χ3n) is 4.21. The van der Waals surface area contributed by atoms with Gasteiger partial charge < -0.3 is 4.90 Å². The number of carbonyl (C=O) groups is 2. The fourth-order valence-electron chi connectivity index (χ4n) is 2.71. The van der Waals surface area contributed by atoms with E-state index < -0.39 is 0 Å². The molecule has 0 heterocycles. The standard InChI is InChI=1S/C18H17NO2/c1-19(13-20)16-9-7-14(8-10-16)17(21)18(11-12-18)15-5-3-2-4-6-15/h2-10,13H,11-12H2,1H3. The van der Waals surface area contributed by atoms with Crippen LogP contribution in [0.5, 0.6) is 0 Å². The number of benzene rings is 2. The number of amides is 1. The second-order valence-corrected chi connectivity index (χ2v) is 5.54. The third-order valence-corrected chi connectivity index (χ3v) is 4.21. The molecule has 0 radical (unpaired) electrons. The monoisotopic (exact) mass is 279 g/mol. The Labute approximate surface area is 124 Å². The van der Waals surface area contributed by atoms with Gasteiger partial charge in [0, 0.05) is 18.3 Å². The predicted octanol–water partition coefficient (Wildman–Crippen LogP) is 3.19. The van der Waals surface area contributed by atoms with Crippen LogP contribution in [-0.4, -0.2) is 19.2 Å². The van der Waals surface area contributed by atoms with E-state index in [1.54, 1.807) is 19.2 Å². The minimum atomic E-state index is -0.334. The lowest BCUT2D eigenvalue weighted by Gasteiger charge is -2.16. The smallest absolute Gasteiger partial charge is 0.213 e. The first-order chi connectivity index (χ1) is 10.2. The van der Waals surface area contributed by atoms with Crippen LogP contribution >= 0.6 is 0 Å². The minimum Gasteiger partial charge on any atom is -0.318 e. The molecule has 1 aliphatic carbocycles.